The first-order valence-electron chi connectivity index (χ1n) is 9.98. The van der Waals surface area contributed by atoms with Crippen LogP contribution in [0.5, 0.6) is 0 Å². The first kappa shape index (κ1) is 21.3. The highest BCUT2D eigenvalue weighted by atomic mass is 32.2. The predicted octanol–water partition coefficient (Wildman–Crippen LogP) is 4.82. The maximum absolute atomic E-state index is 13.4. The standard InChI is InChI=1S/C24H23N3O2S2/c1-17(19-8-4-3-5-9-19)27-23(29)20-10-6-7-11-21(20)25-24(27)31-16-22(28)26(2)14-18-12-13-30-15-18/h3-13,15,17H,14,16H2,1-2H3/t17-/m0/s1. The summed E-state index contributed by atoms with van der Waals surface area (Å²) in [5, 5.41) is 5.18. The lowest BCUT2D eigenvalue weighted by Crippen LogP contribution is -2.29. The quantitative estimate of drug-likeness (QED) is 0.300. The van der Waals surface area contributed by atoms with E-state index < -0.39 is 0 Å². The van der Waals surface area contributed by atoms with Crippen LogP contribution in [0.1, 0.15) is 24.1 Å². The summed E-state index contributed by atoms with van der Waals surface area (Å²) in [6, 6.07) is 19.0. The molecule has 0 spiro atoms. The largest absolute Gasteiger partial charge is 0.341 e. The molecule has 0 saturated carbocycles. The SMILES string of the molecule is C[C@@H](c1ccccc1)n1c(SCC(=O)N(C)Cc2ccsc2)nc2ccccc2c1=O. The summed E-state index contributed by atoms with van der Waals surface area (Å²) >= 11 is 2.93. The van der Waals surface area contributed by atoms with Crippen molar-refractivity contribution in [1.82, 2.24) is 14.5 Å². The van der Waals surface area contributed by atoms with Crippen LogP contribution >= 0.6 is 23.1 Å². The molecule has 1 amide bonds. The molecule has 4 rings (SSSR count). The average Bonchev–Trinajstić information content (AvgIpc) is 3.31. The monoisotopic (exact) mass is 449 g/mol. The molecular weight excluding hydrogens is 426 g/mol. The van der Waals surface area contributed by atoms with Gasteiger partial charge in [-0.15, -0.1) is 0 Å². The van der Waals surface area contributed by atoms with E-state index in [9.17, 15) is 9.59 Å². The van der Waals surface area contributed by atoms with Crippen molar-refractivity contribution >= 4 is 39.9 Å². The summed E-state index contributed by atoms with van der Waals surface area (Å²) in [4.78, 5) is 32.6. The van der Waals surface area contributed by atoms with Crippen molar-refractivity contribution in [2.75, 3.05) is 12.8 Å². The lowest BCUT2D eigenvalue weighted by Gasteiger charge is -2.21. The topological polar surface area (TPSA) is 55.2 Å². The van der Waals surface area contributed by atoms with E-state index in [-0.39, 0.29) is 23.3 Å². The van der Waals surface area contributed by atoms with Crippen LogP contribution in [0.25, 0.3) is 10.9 Å². The second-order valence-electron chi connectivity index (χ2n) is 7.34. The van der Waals surface area contributed by atoms with Crippen LogP contribution in [0.4, 0.5) is 0 Å². The number of amides is 1. The van der Waals surface area contributed by atoms with Crippen molar-refractivity contribution in [3.8, 4) is 0 Å². The lowest BCUT2D eigenvalue weighted by molar-refractivity contribution is -0.127. The molecule has 0 aliphatic heterocycles. The number of fused-ring (bicyclic) bond motifs is 1. The number of carbonyl (C=O) groups excluding carboxylic acids is 1. The van der Waals surface area contributed by atoms with E-state index in [0.29, 0.717) is 22.6 Å². The first-order valence-corrected chi connectivity index (χ1v) is 11.9. The summed E-state index contributed by atoms with van der Waals surface area (Å²) in [6.07, 6.45) is 0. The molecule has 5 nitrogen and oxygen atoms in total. The third-order valence-corrected chi connectivity index (χ3v) is 6.86. The zero-order valence-electron chi connectivity index (χ0n) is 17.4. The van der Waals surface area contributed by atoms with Crippen LogP contribution in [0.2, 0.25) is 0 Å². The van der Waals surface area contributed by atoms with Gasteiger partial charge in [0.1, 0.15) is 0 Å². The van der Waals surface area contributed by atoms with Gasteiger partial charge < -0.3 is 4.90 Å². The Kier molecular flexibility index (Phi) is 6.53. The van der Waals surface area contributed by atoms with Gasteiger partial charge in [0.2, 0.25) is 5.91 Å². The van der Waals surface area contributed by atoms with Gasteiger partial charge in [0.05, 0.1) is 22.7 Å². The molecule has 2 aromatic carbocycles. The number of carbonyl (C=O) groups is 1. The van der Waals surface area contributed by atoms with E-state index >= 15 is 0 Å². The second-order valence-corrected chi connectivity index (χ2v) is 9.07. The minimum absolute atomic E-state index is 0.00229. The third-order valence-electron chi connectivity index (χ3n) is 5.20. The maximum Gasteiger partial charge on any atom is 0.262 e. The molecule has 0 bridgehead atoms. The highest BCUT2D eigenvalue weighted by Crippen LogP contribution is 2.25. The normalized spacial score (nSPS) is 12.1. The Morgan fingerprint density at radius 3 is 2.61 bits per heavy atom. The summed E-state index contributed by atoms with van der Waals surface area (Å²) in [6.45, 7) is 2.56. The zero-order valence-corrected chi connectivity index (χ0v) is 19.0. The van der Waals surface area contributed by atoms with Crippen LogP contribution in [-0.4, -0.2) is 33.2 Å². The first-order chi connectivity index (χ1) is 15.0. The second kappa shape index (κ2) is 9.49. The van der Waals surface area contributed by atoms with Crippen molar-refractivity contribution in [1.29, 1.82) is 0 Å². The molecule has 158 valence electrons. The summed E-state index contributed by atoms with van der Waals surface area (Å²) in [7, 11) is 1.80. The highest BCUT2D eigenvalue weighted by molar-refractivity contribution is 7.99. The molecule has 2 heterocycles. The molecule has 0 fully saturated rings. The Morgan fingerprint density at radius 1 is 1.13 bits per heavy atom. The Balaban J connectivity index is 1.64. The molecule has 0 radical (unpaired) electrons. The molecule has 0 aliphatic carbocycles. The van der Waals surface area contributed by atoms with Crippen molar-refractivity contribution in [3.05, 3.63) is 92.9 Å². The fourth-order valence-corrected chi connectivity index (χ4v) is 5.11. The number of benzene rings is 2. The molecule has 0 N–H and O–H groups in total. The number of hydrogen-bond acceptors (Lipinski definition) is 5. The van der Waals surface area contributed by atoms with Gasteiger partial charge in [-0.25, -0.2) is 4.98 Å². The minimum atomic E-state index is -0.202. The Bertz CT molecular complexity index is 1240. The molecule has 31 heavy (non-hydrogen) atoms. The van der Waals surface area contributed by atoms with Crippen molar-refractivity contribution in [2.24, 2.45) is 0 Å². The molecule has 0 aliphatic rings. The van der Waals surface area contributed by atoms with E-state index in [0.717, 1.165) is 11.1 Å². The van der Waals surface area contributed by atoms with Crippen LogP contribution in [0.15, 0.2) is 81.4 Å². The van der Waals surface area contributed by atoms with Crippen LogP contribution in [-0.2, 0) is 11.3 Å². The number of hydrogen-bond donors (Lipinski definition) is 0. The summed E-state index contributed by atoms with van der Waals surface area (Å²) in [5.41, 5.74) is 2.68. The number of rotatable bonds is 7. The van der Waals surface area contributed by atoms with Gasteiger partial charge in [0.25, 0.3) is 5.56 Å². The van der Waals surface area contributed by atoms with Gasteiger partial charge >= 0.3 is 0 Å². The number of aromatic nitrogens is 2. The Morgan fingerprint density at radius 2 is 1.87 bits per heavy atom. The van der Waals surface area contributed by atoms with E-state index in [2.05, 4.69) is 0 Å². The number of thioether (sulfide) groups is 1. The molecule has 4 aromatic rings. The lowest BCUT2D eigenvalue weighted by atomic mass is 10.1. The summed E-state index contributed by atoms with van der Waals surface area (Å²) < 4.78 is 1.70. The number of para-hydroxylation sites is 1. The maximum atomic E-state index is 13.4. The smallest absolute Gasteiger partial charge is 0.262 e. The van der Waals surface area contributed by atoms with Gasteiger partial charge in [-0.3, -0.25) is 14.2 Å². The molecule has 2 aromatic heterocycles. The Hall–Kier alpha value is -2.90. The number of nitrogens with zero attached hydrogens (tertiary/aromatic N) is 3. The average molecular weight is 450 g/mol. The zero-order chi connectivity index (χ0) is 21.8. The minimum Gasteiger partial charge on any atom is -0.341 e. The number of thiophene rings is 1. The van der Waals surface area contributed by atoms with E-state index in [1.807, 2.05) is 72.3 Å². The van der Waals surface area contributed by atoms with Gasteiger partial charge in [-0.05, 0) is 47.0 Å². The fraction of sp³-hybridized carbons (Fsp3) is 0.208. The van der Waals surface area contributed by atoms with Crippen molar-refractivity contribution < 1.29 is 4.79 Å². The predicted molar refractivity (Wildman–Crippen MR) is 128 cm³/mol. The van der Waals surface area contributed by atoms with Gasteiger partial charge in [0, 0.05) is 13.6 Å². The fourth-order valence-electron chi connectivity index (χ4n) is 3.43. The molecule has 0 saturated heterocycles. The van der Waals surface area contributed by atoms with Gasteiger partial charge in [-0.1, -0.05) is 54.2 Å². The van der Waals surface area contributed by atoms with Crippen molar-refractivity contribution in [3.63, 3.8) is 0 Å². The van der Waals surface area contributed by atoms with Crippen molar-refractivity contribution in [2.45, 2.75) is 24.7 Å². The van der Waals surface area contributed by atoms with Crippen LogP contribution < -0.4 is 5.56 Å². The Labute approximate surface area is 189 Å². The van der Waals surface area contributed by atoms with E-state index in [1.165, 1.54) is 11.8 Å². The molecule has 0 unspecified atom stereocenters. The molecular formula is C24H23N3O2S2. The van der Waals surface area contributed by atoms with Gasteiger partial charge in [0.15, 0.2) is 5.16 Å². The van der Waals surface area contributed by atoms with Crippen LogP contribution in [0, 0.1) is 0 Å². The third kappa shape index (κ3) is 4.73. The van der Waals surface area contributed by atoms with Gasteiger partial charge in [-0.2, -0.15) is 11.3 Å². The van der Waals surface area contributed by atoms with E-state index in [4.69, 9.17) is 4.98 Å². The van der Waals surface area contributed by atoms with Crippen LogP contribution in [0.3, 0.4) is 0 Å². The summed E-state index contributed by atoms with van der Waals surface area (Å²) in [5.74, 6) is 0.213. The molecule has 7 heteroatoms. The van der Waals surface area contributed by atoms with E-state index in [1.54, 1.807) is 33.9 Å². The highest BCUT2D eigenvalue weighted by Gasteiger charge is 2.19. The molecule has 1 atom stereocenters.